The summed E-state index contributed by atoms with van der Waals surface area (Å²) >= 11 is 0. The molecule has 1 aliphatic rings. The van der Waals surface area contributed by atoms with E-state index in [1.165, 1.54) is 59.7 Å². The van der Waals surface area contributed by atoms with E-state index in [-0.39, 0.29) is 5.41 Å². The number of aromatic amines is 1. The van der Waals surface area contributed by atoms with Crippen molar-refractivity contribution in [1.82, 2.24) is 4.98 Å². The van der Waals surface area contributed by atoms with Crippen LogP contribution in [0.4, 0.5) is 0 Å². The topological polar surface area (TPSA) is 41.8 Å². The van der Waals surface area contributed by atoms with Gasteiger partial charge in [-0.2, -0.15) is 0 Å². The van der Waals surface area contributed by atoms with Crippen molar-refractivity contribution in [1.29, 1.82) is 0 Å². The molecule has 0 spiro atoms. The SMILES string of the molecule is Cc1ccc2c(C3(CN)CCCCC3)c[nH]c2c1C. The summed E-state index contributed by atoms with van der Waals surface area (Å²) in [6.45, 7) is 5.15. The summed E-state index contributed by atoms with van der Waals surface area (Å²) < 4.78 is 0. The predicted molar refractivity (Wildman–Crippen MR) is 81.6 cm³/mol. The van der Waals surface area contributed by atoms with E-state index in [9.17, 15) is 0 Å². The zero-order chi connectivity index (χ0) is 13.5. The number of nitrogens with one attached hydrogen (secondary N) is 1. The molecule has 0 aliphatic heterocycles. The first-order chi connectivity index (χ1) is 9.18. The van der Waals surface area contributed by atoms with E-state index in [0.29, 0.717) is 0 Å². The fraction of sp³-hybridized carbons (Fsp3) is 0.529. The molecule has 19 heavy (non-hydrogen) atoms. The second kappa shape index (κ2) is 4.68. The number of H-pyrrole nitrogens is 1. The maximum absolute atomic E-state index is 6.17. The van der Waals surface area contributed by atoms with Crippen molar-refractivity contribution < 1.29 is 0 Å². The zero-order valence-corrected chi connectivity index (χ0v) is 12.1. The summed E-state index contributed by atoms with van der Waals surface area (Å²) in [5, 5.41) is 1.38. The summed E-state index contributed by atoms with van der Waals surface area (Å²) in [4.78, 5) is 3.50. The van der Waals surface area contributed by atoms with Gasteiger partial charge in [0.2, 0.25) is 0 Å². The number of benzene rings is 1. The molecule has 0 bridgehead atoms. The Morgan fingerprint density at radius 1 is 1.16 bits per heavy atom. The highest BCUT2D eigenvalue weighted by Gasteiger charge is 2.34. The van der Waals surface area contributed by atoms with Crippen molar-refractivity contribution in [2.75, 3.05) is 6.54 Å². The van der Waals surface area contributed by atoms with Crippen molar-refractivity contribution >= 4 is 10.9 Å². The van der Waals surface area contributed by atoms with Crippen molar-refractivity contribution in [2.24, 2.45) is 5.73 Å². The minimum Gasteiger partial charge on any atom is -0.361 e. The Morgan fingerprint density at radius 3 is 2.58 bits per heavy atom. The maximum atomic E-state index is 6.17. The van der Waals surface area contributed by atoms with Gasteiger partial charge in [0.25, 0.3) is 0 Å². The quantitative estimate of drug-likeness (QED) is 0.839. The van der Waals surface area contributed by atoms with Crippen LogP contribution in [0.5, 0.6) is 0 Å². The lowest BCUT2D eigenvalue weighted by Gasteiger charge is -2.36. The number of hydrogen-bond donors (Lipinski definition) is 2. The molecule has 0 amide bonds. The van der Waals surface area contributed by atoms with Crippen LogP contribution in [-0.2, 0) is 5.41 Å². The molecule has 0 unspecified atom stereocenters. The van der Waals surface area contributed by atoms with Gasteiger partial charge in [-0.25, -0.2) is 0 Å². The van der Waals surface area contributed by atoms with E-state index < -0.39 is 0 Å². The normalized spacial score (nSPS) is 18.9. The van der Waals surface area contributed by atoms with Crippen LogP contribution in [0.2, 0.25) is 0 Å². The van der Waals surface area contributed by atoms with E-state index in [1.54, 1.807) is 0 Å². The van der Waals surface area contributed by atoms with E-state index in [2.05, 4.69) is 37.2 Å². The average molecular weight is 256 g/mol. The summed E-state index contributed by atoms with van der Waals surface area (Å²) in [6.07, 6.45) is 8.69. The zero-order valence-electron chi connectivity index (χ0n) is 12.1. The van der Waals surface area contributed by atoms with E-state index in [4.69, 9.17) is 5.73 Å². The Balaban J connectivity index is 2.17. The van der Waals surface area contributed by atoms with Gasteiger partial charge >= 0.3 is 0 Å². The Kier molecular flexibility index (Phi) is 3.14. The number of aryl methyl sites for hydroxylation is 2. The highest BCUT2D eigenvalue weighted by atomic mass is 14.7. The first-order valence-electron chi connectivity index (χ1n) is 7.46. The van der Waals surface area contributed by atoms with Crippen LogP contribution in [0, 0.1) is 13.8 Å². The number of rotatable bonds is 2. The van der Waals surface area contributed by atoms with E-state index in [1.807, 2.05) is 0 Å². The van der Waals surface area contributed by atoms with Crippen LogP contribution >= 0.6 is 0 Å². The van der Waals surface area contributed by atoms with Crippen molar-refractivity contribution in [3.63, 3.8) is 0 Å². The van der Waals surface area contributed by atoms with E-state index >= 15 is 0 Å². The standard InChI is InChI=1S/C17H24N2/c1-12-6-7-14-15(10-19-16(14)13(12)2)17(11-18)8-4-3-5-9-17/h6-7,10,19H,3-5,8-9,11,18H2,1-2H3. The maximum Gasteiger partial charge on any atom is 0.0489 e. The number of nitrogens with two attached hydrogens (primary N) is 1. The van der Waals surface area contributed by atoms with Crippen LogP contribution in [0.25, 0.3) is 10.9 Å². The van der Waals surface area contributed by atoms with Crippen molar-refractivity contribution in [2.45, 2.75) is 51.4 Å². The molecule has 2 aromatic rings. The van der Waals surface area contributed by atoms with E-state index in [0.717, 1.165) is 6.54 Å². The minimum absolute atomic E-state index is 0.207. The first-order valence-corrected chi connectivity index (χ1v) is 7.46. The van der Waals surface area contributed by atoms with Gasteiger partial charge in [-0.1, -0.05) is 31.4 Å². The molecule has 2 heteroatoms. The van der Waals surface area contributed by atoms with Crippen LogP contribution in [0.15, 0.2) is 18.3 Å². The lowest BCUT2D eigenvalue weighted by Crippen LogP contribution is -2.36. The van der Waals surface area contributed by atoms with Crippen molar-refractivity contribution in [3.05, 3.63) is 35.0 Å². The third-order valence-corrected chi connectivity index (χ3v) is 5.16. The Morgan fingerprint density at radius 2 is 1.89 bits per heavy atom. The number of hydrogen-bond acceptors (Lipinski definition) is 1. The molecule has 2 nitrogen and oxygen atoms in total. The molecular weight excluding hydrogens is 232 g/mol. The van der Waals surface area contributed by atoms with Crippen LogP contribution in [0.3, 0.4) is 0 Å². The summed E-state index contributed by atoms with van der Waals surface area (Å²) in [6, 6.07) is 4.51. The molecule has 3 N–H and O–H groups in total. The Hall–Kier alpha value is -1.28. The van der Waals surface area contributed by atoms with Crippen LogP contribution < -0.4 is 5.73 Å². The smallest absolute Gasteiger partial charge is 0.0489 e. The largest absolute Gasteiger partial charge is 0.361 e. The monoisotopic (exact) mass is 256 g/mol. The Labute approximate surface area is 115 Å². The molecule has 0 atom stereocenters. The lowest BCUT2D eigenvalue weighted by molar-refractivity contribution is 0.303. The number of fused-ring (bicyclic) bond motifs is 1. The van der Waals surface area contributed by atoms with Gasteiger partial charge in [0, 0.05) is 29.1 Å². The second-order valence-corrected chi connectivity index (χ2v) is 6.18. The first kappa shape index (κ1) is 12.7. The average Bonchev–Trinajstić information content (AvgIpc) is 2.89. The second-order valence-electron chi connectivity index (χ2n) is 6.18. The predicted octanol–water partition coefficient (Wildman–Crippen LogP) is 3.95. The lowest BCUT2D eigenvalue weighted by atomic mass is 9.69. The van der Waals surface area contributed by atoms with Gasteiger partial charge < -0.3 is 10.7 Å². The summed E-state index contributed by atoms with van der Waals surface area (Å²) in [5.41, 5.74) is 11.9. The highest BCUT2D eigenvalue weighted by molar-refractivity contribution is 5.87. The molecule has 0 saturated heterocycles. The molecule has 1 aliphatic carbocycles. The molecule has 1 heterocycles. The molecule has 0 radical (unpaired) electrons. The van der Waals surface area contributed by atoms with Crippen LogP contribution in [-0.4, -0.2) is 11.5 Å². The summed E-state index contributed by atoms with van der Waals surface area (Å²) in [5.74, 6) is 0. The Bertz CT molecular complexity index is 589. The molecule has 1 aromatic heterocycles. The highest BCUT2D eigenvalue weighted by Crippen LogP contribution is 2.42. The van der Waals surface area contributed by atoms with Gasteiger partial charge in [-0.15, -0.1) is 0 Å². The third-order valence-electron chi connectivity index (χ3n) is 5.16. The molecule has 3 rings (SSSR count). The van der Waals surface area contributed by atoms with Crippen molar-refractivity contribution in [3.8, 4) is 0 Å². The fourth-order valence-corrected chi connectivity index (χ4v) is 3.70. The van der Waals surface area contributed by atoms with Gasteiger partial charge in [0.1, 0.15) is 0 Å². The van der Waals surface area contributed by atoms with Crippen LogP contribution in [0.1, 0.15) is 48.8 Å². The third kappa shape index (κ3) is 1.90. The van der Waals surface area contributed by atoms with Gasteiger partial charge in [-0.3, -0.25) is 0 Å². The molecule has 1 aromatic carbocycles. The number of aromatic nitrogens is 1. The summed E-state index contributed by atoms with van der Waals surface area (Å²) in [7, 11) is 0. The molecule has 1 fully saturated rings. The molecule has 102 valence electrons. The van der Waals surface area contributed by atoms with Gasteiger partial charge in [-0.05, 0) is 43.4 Å². The fourth-order valence-electron chi connectivity index (χ4n) is 3.70. The minimum atomic E-state index is 0.207. The van der Waals surface area contributed by atoms with Gasteiger partial charge in [0.15, 0.2) is 0 Å². The van der Waals surface area contributed by atoms with Gasteiger partial charge in [0.05, 0.1) is 0 Å². The molecule has 1 saturated carbocycles. The molecular formula is C17H24N2.